The van der Waals surface area contributed by atoms with Gasteiger partial charge >= 0.3 is 0 Å². The van der Waals surface area contributed by atoms with Crippen molar-refractivity contribution in [3.63, 3.8) is 0 Å². The van der Waals surface area contributed by atoms with E-state index in [1.165, 1.54) is 18.2 Å². The number of carbonyl (C=O) groups excluding carboxylic acids is 1. The monoisotopic (exact) mass is 256 g/mol. The van der Waals surface area contributed by atoms with Gasteiger partial charge < -0.3 is 16.2 Å². The Bertz CT molecular complexity index is 396. The minimum atomic E-state index is -0.283. The first-order valence-electron chi connectivity index (χ1n) is 5.51. The third-order valence-electron chi connectivity index (χ3n) is 2.47. The number of hydrogen-bond acceptors (Lipinski definition) is 3. The van der Waals surface area contributed by atoms with Gasteiger partial charge in [-0.25, -0.2) is 0 Å². The number of benzene rings is 1. The van der Waals surface area contributed by atoms with E-state index in [9.17, 15) is 9.90 Å². The maximum absolute atomic E-state index is 11.8. The lowest BCUT2D eigenvalue weighted by Gasteiger charge is -2.12. The molecule has 0 aliphatic rings. The lowest BCUT2D eigenvalue weighted by atomic mass is 10.1. The van der Waals surface area contributed by atoms with E-state index < -0.39 is 0 Å². The SMILES string of the molecule is CC(CCN)CNC(=O)c1cc(O)ccc1Cl. The summed E-state index contributed by atoms with van der Waals surface area (Å²) in [6.07, 6.45) is 0.855. The number of halogens is 1. The molecule has 17 heavy (non-hydrogen) atoms. The molecule has 0 aliphatic carbocycles. The van der Waals surface area contributed by atoms with Crippen molar-refractivity contribution < 1.29 is 9.90 Å². The van der Waals surface area contributed by atoms with Gasteiger partial charge in [0, 0.05) is 6.54 Å². The highest BCUT2D eigenvalue weighted by molar-refractivity contribution is 6.33. The molecule has 0 saturated carbocycles. The molecular formula is C12H17ClN2O2. The van der Waals surface area contributed by atoms with Gasteiger partial charge in [-0.05, 0) is 37.1 Å². The Hall–Kier alpha value is -1.26. The van der Waals surface area contributed by atoms with Crippen molar-refractivity contribution in [2.24, 2.45) is 11.7 Å². The van der Waals surface area contributed by atoms with E-state index in [2.05, 4.69) is 5.32 Å². The molecule has 1 aromatic rings. The highest BCUT2D eigenvalue weighted by atomic mass is 35.5. The summed E-state index contributed by atoms with van der Waals surface area (Å²) in [5.41, 5.74) is 5.71. The van der Waals surface area contributed by atoms with Crippen molar-refractivity contribution >= 4 is 17.5 Å². The third-order valence-corrected chi connectivity index (χ3v) is 2.79. The zero-order chi connectivity index (χ0) is 12.8. The Balaban J connectivity index is 2.61. The van der Waals surface area contributed by atoms with E-state index >= 15 is 0 Å². The normalized spacial score (nSPS) is 12.2. The molecule has 0 fully saturated rings. The molecule has 1 rings (SSSR count). The molecule has 1 amide bonds. The van der Waals surface area contributed by atoms with Crippen LogP contribution in [0.25, 0.3) is 0 Å². The Kier molecular flexibility index (Phi) is 5.25. The number of nitrogens with one attached hydrogen (secondary N) is 1. The van der Waals surface area contributed by atoms with Crippen LogP contribution in [0.2, 0.25) is 5.02 Å². The third kappa shape index (κ3) is 4.24. The minimum absolute atomic E-state index is 0.0227. The molecule has 1 unspecified atom stereocenters. The largest absolute Gasteiger partial charge is 0.508 e. The van der Waals surface area contributed by atoms with Crippen LogP contribution in [0.15, 0.2) is 18.2 Å². The average Bonchev–Trinajstić information content (AvgIpc) is 2.29. The van der Waals surface area contributed by atoms with E-state index in [1.807, 2.05) is 6.92 Å². The van der Waals surface area contributed by atoms with Gasteiger partial charge in [-0.2, -0.15) is 0 Å². The topological polar surface area (TPSA) is 75.3 Å². The molecule has 0 aromatic heterocycles. The number of phenolic OH excluding ortho intramolecular Hbond substituents is 1. The molecule has 4 N–H and O–H groups in total. The number of hydrogen-bond donors (Lipinski definition) is 3. The van der Waals surface area contributed by atoms with Gasteiger partial charge in [0.05, 0.1) is 10.6 Å². The summed E-state index contributed by atoms with van der Waals surface area (Å²) >= 11 is 5.88. The van der Waals surface area contributed by atoms with Crippen molar-refractivity contribution in [3.8, 4) is 5.75 Å². The summed E-state index contributed by atoms with van der Waals surface area (Å²) in [5.74, 6) is 0.0596. The van der Waals surface area contributed by atoms with Crippen LogP contribution >= 0.6 is 11.6 Å². The van der Waals surface area contributed by atoms with E-state index in [4.69, 9.17) is 17.3 Å². The Morgan fingerprint density at radius 3 is 2.94 bits per heavy atom. The van der Waals surface area contributed by atoms with Gasteiger partial charge in [0.2, 0.25) is 0 Å². The van der Waals surface area contributed by atoms with Crippen LogP contribution in [0.4, 0.5) is 0 Å². The van der Waals surface area contributed by atoms with E-state index in [0.717, 1.165) is 6.42 Å². The second-order valence-corrected chi connectivity index (χ2v) is 4.46. The standard InChI is InChI=1S/C12H17ClN2O2/c1-8(4-5-14)7-15-12(17)10-6-9(16)2-3-11(10)13/h2-3,6,8,16H,4-5,7,14H2,1H3,(H,15,17). The van der Waals surface area contributed by atoms with Crippen molar-refractivity contribution in [2.75, 3.05) is 13.1 Å². The number of rotatable bonds is 5. The van der Waals surface area contributed by atoms with Crippen LogP contribution in [0, 0.1) is 5.92 Å². The fraction of sp³-hybridized carbons (Fsp3) is 0.417. The van der Waals surface area contributed by atoms with Gasteiger partial charge in [0.1, 0.15) is 5.75 Å². The summed E-state index contributed by atoms with van der Waals surface area (Å²) in [6, 6.07) is 4.29. The van der Waals surface area contributed by atoms with Crippen molar-refractivity contribution in [1.29, 1.82) is 0 Å². The van der Waals surface area contributed by atoms with Crippen LogP contribution in [0.5, 0.6) is 5.75 Å². The van der Waals surface area contributed by atoms with Crippen molar-refractivity contribution in [1.82, 2.24) is 5.32 Å². The average molecular weight is 257 g/mol. The second kappa shape index (κ2) is 6.47. The quantitative estimate of drug-likeness (QED) is 0.751. The Labute approximate surface area is 106 Å². The number of aromatic hydroxyl groups is 1. The molecule has 0 aliphatic heterocycles. The maximum atomic E-state index is 11.8. The van der Waals surface area contributed by atoms with Gasteiger partial charge in [-0.15, -0.1) is 0 Å². The molecule has 5 heteroatoms. The van der Waals surface area contributed by atoms with Crippen LogP contribution in [-0.2, 0) is 0 Å². The van der Waals surface area contributed by atoms with Gasteiger partial charge in [-0.3, -0.25) is 4.79 Å². The number of nitrogens with two attached hydrogens (primary N) is 1. The molecule has 0 spiro atoms. The predicted molar refractivity (Wildman–Crippen MR) is 68.3 cm³/mol. The molecule has 94 valence electrons. The Morgan fingerprint density at radius 1 is 1.59 bits per heavy atom. The van der Waals surface area contributed by atoms with Crippen LogP contribution in [0.3, 0.4) is 0 Å². The summed E-state index contributed by atoms with van der Waals surface area (Å²) in [5, 5.41) is 12.4. The molecular weight excluding hydrogens is 240 g/mol. The van der Waals surface area contributed by atoms with Gasteiger partial charge in [0.15, 0.2) is 0 Å². The zero-order valence-electron chi connectivity index (χ0n) is 9.74. The fourth-order valence-electron chi connectivity index (χ4n) is 1.44. The molecule has 1 atom stereocenters. The molecule has 0 saturated heterocycles. The van der Waals surface area contributed by atoms with Crippen molar-refractivity contribution in [2.45, 2.75) is 13.3 Å². The lowest BCUT2D eigenvalue weighted by molar-refractivity contribution is 0.0947. The zero-order valence-corrected chi connectivity index (χ0v) is 10.5. The number of amides is 1. The van der Waals surface area contributed by atoms with E-state index in [1.54, 1.807) is 0 Å². The second-order valence-electron chi connectivity index (χ2n) is 4.06. The fourth-order valence-corrected chi connectivity index (χ4v) is 1.64. The maximum Gasteiger partial charge on any atom is 0.252 e. The first kappa shape index (κ1) is 13.8. The smallest absolute Gasteiger partial charge is 0.252 e. The number of phenols is 1. The molecule has 0 bridgehead atoms. The lowest BCUT2D eigenvalue weighted by Crippen LogP contribution is -2.29. The van der Waals surface area contributed by atoms with Gasteiger partial charge in [0.25, 0.3) is 5.91 Å². The summed E-state index contributed by atoms with van der Waals surface area (Å²) in [7, 11) is 0. The molecule has 4 nitrogen and oxygen atoms in total. The highest BCUT2D eigenvalue weighted by Gasteiger charge is 2.11. The predicted octanol–water partition coefficient (Wildman–Crippen LogP) is 1.76. The highest BCUT2D eigenvalue weighted by Crippen LogP contribution is 2.20. The number of carbonyl (C=O) groups is 1. The first-order valence-corrected chi connectivity index (χ1v) is 5.89. The van der Waals surface area contributed by atoms with E-state index in [-0.39, 0.29) is 17.2 Å². The molecule has 1 aromatic carbocycles. The summed E-state index contributed by atoms with van der Waals surface area (Å²) in [4.78, 5) is 11.8. The van der Waals surface area contributed by atoms with Crippen LogP contribution in [-0.4, -0.2) is 24.1 Å². The van der Waals surface area contributed by atoms with Crippen LogP contribution < -0.4 is 11.1 Å². The van der Waals surface area contributed by atoms with Crippen molar-refractivity contribution in [3.05, 3.63) is 28.8 Å². The van der Waals surface area contributed by atoms with Crippen LogP contribution in [0.1, 0.15) is 23.7 Å². The first-order chi connectivity index (χ1) is 8.04. The Morgan fingerprint density at radius 2 is 2.29 bits per heavy atom. The summed E-state index contributed by atoms with van der Waals surface area (Å²) < 4.78 is 0. The van der Waals surface area contributed by atoms with E-state index in [0.29, 0.717) is 24.0 Å². The molecule has 0 radical (unpaired) electrons. The van der Waals surface area contributed by atoms with Gasteiger partial charge in [-0.1, -0.05) is 18.5 Å². The summed E-state index contributed by atoms with van der Waals surface area (Å²) in [6.45, 7) is 3.16. The molecule has 0 heterocycles. The minimum Gasteiger partial charge on any atom is -0.508 e.